The van der Waals surface area contributed by atoms with Gasteiger partial charge in [0, 0.05) is 10.9 Å². The lowest BCUT2D eigenvalue weighted by molar-refractivity contribution is 0.306. The third-order valence-corrected chi connectivity index (χ3v) is 3.50. The Morgan fingerprint density at radius 3 is 2.50 bits per heavy atom. The predicted octanol–water partition coefficient (Wildman–Crippen LogP) is 2.16. The highest BCUT2D eigenvalue weighted by Crippen LogP contribution is 2.28. The fourth-order valence-corrected chi connectivity index (χ4v) is 2.92. The second kappa shape index (κ2) is 3.72. The molecule has 0 bridgehead atoms. The summed E-state index contributed by atoms with van der Waals surface area (Å²) in [7, 11) is 2.06. The fraction of sp³-hybridized carbons (Fsp3) is 1.00. The molecule has 10 heavy (non-hydrogen) atoms. The highest BCUT2D eigenvalue weighted by atomic mass is 79.9. The van der Waals surface area contributed by atoms with Crippen LogP contribution in [0.3, 0.4) is 0 Å². The van der Waals surface area contributed by atoms with Gasteiger partial charge in [-0.3, -0.25) is 0 Å². The lowest BCUT2D eigenvalue weighted by Gasteiger charge is -2.32. The molecule has 0 aromatic heterocycles. The molecule has 1 aliphatic rings. The Labute approximate surface area is 71.7 Å². The molecular formula is C8H16BrN. The van der Waals surface area contributed by atoms with Gasteiger partial charge in [-0.15, -0.1) is 0 Å². The zero-order chi connectivity index (χ0) is 7.56. The van der Waals surface area contributed by atoms with Gasteiger partial charge in [0.2, 0.25) is 0 Å². The Morgan fingerprint density at radius 1 is 1.40 bits per heavy atom. The third-order valence-electron chi connectivity index (χ3n) is 2.48. The van der Waals surface area contributed by atoms with Crippen molar-refractivity contribution < 1.29 is 0 Å². The van der Waals surface area contributed by atoms with Gasteiger partial charge in [0.25, 0.3) is 0 Å². The summed E-state index contributed by atoms with van der Waals surface area (Å²) < 4.78 is 0. The molecule has 0 aliphatic heterocycles. The maximum atomic E-state index is 3.69. The van der Waals surface area contributed by atoms with Crippen molar-refractivity contribution >= 4 is 15.9 Å². The van der Waals surface area contributed by atoms with E-state index >= 15 is 0 Å². The van der Waals surface area contributed by atoms with Crippen molar-refractivity contribution in [3.8, 4) is 0 Å². The van der Waals surface area contributed by atoms with Crippen LogP contribution >= 0.6 is 15.9 Å². The second-order valence-corrected chi connectivity index (χ2v) is 4.41. The molecule has 0 heterocycles. The molecule has 2 unspecified atom stereocenters. The first-order chi connectivity index (χ1) is 4.75. The van der Waals surface area contributed by atoms with Gasteiger partial charge in [0.1, 0.15) is 0 Å². The van der Waals surface area contributed by atoms with Crippen LogP contribution in [-0.4, -0.2) is 17.9 Å². The minimum Gasteiger partial charge on any atom is -0.316 e. The summed E-state index contributed by atoms with van der Waals surface area (Å²) in [6.45, 7) is 2.33. The summed E-state index contributed by atoms with van der Waals surface area (Å²) in [6, 6.07) is 0.689. The standard InChI is InChI=1S/C8H16BrN/c1-6-4-3-5-7(9)8(6)10-2/h6-8,10H,3-5H2,1-2H3/t6?,7-,8?/m1/s1. The van der Waals surface area contributed by atoms with Crippen molar-refractivity contribution in [2.45, 2.75) is 37.1 Å². The Balaban J connectivity index is 2.45. The molecule has 1 aliphatic carbocycles. The van der Waals surface area contributed by atoms with Gasteiger partial charge in [0.05, 0.1) is 0 Å². The van der Waals surface area contributed by atoms with Crippen molar-refractivity contribution in [1.82, 2.24) is 5.32 Å². The molecule has 1 rings (SSSR count). The summed E-state index contributed by atoms with van der Waals surface area (Å²) >= 11 is 3.69. The van der Waals surface area contributed by atoms with Crippen LogP contribution in [0.1, 0.15) is 26.2 Å². The van der Waals surface area contributed by atoms with E-state index in [9.17, 15) is 0 Å². The van der Waals surface area contributed by atoms with Crippen LogP contribution < -0.4 is 5.32 Å². The molecule has 0 amide bonds. The molecule has 1 saturated carbocycles. The van der Waals surface area contributed by atoms with Crippen LogP contribution in [0.15, 0.2) is 0 Å². The second-order valence-electron chi connectivity index (χ2n) is 3.24. The van der Waals surface area contributed by atoms with Crippen molar-refractivity contribution in [3.63, 3.8) is 0 Å². The Kier molecular flexibility index (Phi) is 3.18. The molecule has 0 radical (unpaired) electrons. The summed E-state index contributed by atoms with van der Waals surface area (Å²) in [5, 5.41) is 3.36. The lowest BCUT2D eigenvalue weighted by Crippen LogP contribution is -2.42. The average molecular weight is 206 g/mol. The van der Waals surface area contributed by atoms with Crippen molar-refractivity contribution in [1.29, 1.82) is 0 Å². The maximum Gasteiger partial charge on any atom is 0.0301 e. The Morgan fingerprint density at radius 2 is 2.10 bits per heavy atom. The molecule has 0 aromatic rings. The molecule has 1 nitrogen and oxygen atoms in total. The van der Waals surface area contributed by atoms with Crippen LogP contribution in [0.4, 0.5) is 0 Å². The average Bonchev–Trinajstić information content (AvgIpc) is 1.88. The van der Waals surface area contributed by atoms with Crippen LogP contribution in [0.5, 0.6) is 0 Å². The molecule has 1 fully saturated rings. The quantitative estimate of drug-likeness (QED) is 0.648. The van der Waals surface area contributed by atoms with E-state index in [1.165, 1.54) is 19.3 Å². The fourth-order valence-electron chi connectivity index (χ4n) is 1.82. The van der Waals surface area contributed by atoms with E-state index in [0.29, 0.717) is 10.9 Å². The minimum absolute atomic E-state index is 0.689. The highest BCUT2D eigenvalue weighted by Gasteiger charge is 2.26. The van der Waals surface area contributed by atoms with Gasteiger partial charge in [-0.2, -0.15) is 0 Å². The number of halogens is 1. The number of nitrogens with one attached hydrogen (secondary N) is 1. The molecule has 0 aromatic carbocycles. The Hall–Kier alpha value is 0.440. The van der Waals surface area contributed by atoms with E-state index in [4.69, 9.17) is 0 Å². The van der Waals surface area contributed by atoms with Crippen LogP contribution in [-0.2, 0) is 0 Å². The summed E-state index contributed by atoms with van der Waals surface area (Å²) in [6.07, 6.45) is 4.10. The SMILES string of the molecule is CNC1C(C)CCC[C@H]1Br. The smallest absolute Gasteiger partial charge is 0.0301 e. The summed E-state index contributed by atoms with van der Waals surface area (Å²) in [4.78, 5) is 0.696. The van der Waals surface area contributed by atoms with Crippen LogP contribution in [0.2, 0.25) is 0 Å². The van der Waals surface area contributed by atoms with E-state index in [1.807, 2.05) is 0 Å². The van der Waals surface area contributed by atoms with Gasteiger partial charge in [-0.1, -0.05) is 29.3 Å². The van der Waals surface area contributed by atoms with E-state index in [-0.39, 0.29) is 0 Å². The lowest BCUT2D eigenvalue weighted by atomic mass is 9.86. The number of alkyl halides is 1. The third kappa shape index (κ3) is 1.73. The van der Waals surface area contributed by atoms with Gasteiger partial charge in [-0.05, 0) is 25.8 Å². The molecule has 2 heteroatoms. The number of hydrogen-bond donors (Lipinski definition) is 1. The first-order valence-corrected chi connectivity index (χ1v) is 4.98. The Bertz CT molecular complexity index is 95.4. The van der Waals surface area contributed by atoms with E-state index < -0.39 is 0 Å². The molecular weight excluding hydrogens is 190 g/mol. The normalized spacial score (nSPS) is 41.7. The van der Waals surface area contributed by atoms with Gasteiger partial charge < -0.3 is 5.32 Å². The largest absolute Gasteiger partial charge is 0.316 e. The van der Waals surface area contributed by atoms with E-state index in [1.54, 1.807) is 0 Å². The van der Waals surface area contributed by atoms with Gasteiger partial charge in [-0.25, -0.2) is 0 Å². The van der Waals surface area contributed by atoms with Crippen molar-refractivity contribution in [2.24, 2.45) is 5.92 Å². The molecule has 0 spiro atoms. The van der Waals surface area contributed by atoms with Crippen molar-refractivity contribution in [2.75, 3.05) is 7.05 Å². The first-order valence-electron chi connectivity index (χ1n) is 4.07. The van der Waals surface area contributed by atoms with E-state index in [0.717, 1.165) is 5.92 Å². The zero-order valence-corrected chi connectivity index (χ0v) is 8.32. The molecule has 3 atom stereocenters. The van der Waals surface area contributed by atoms with E-state index in [2.05, 4.69) is 35.2 Å². The van der Waals surface area contributed by atoms with Crippen LogP contribution in [0.25, 0.3) is 0 Å². The molecule has 1 N–H and O–H groups in total. The summed E-state index contributed by atoms with van der Waals surface area (Å²) in [5.41, 5.74) is 0. The molecule has 60 valence electrons. The van der Waals surface area contributed by atoms with Crippen molar-refractivity contribution in [3.05, 3.63) is 0 Å². The zero-order valence-electron chi connectivity index (χ0n) is 6.73. The topological polar surface area (TPSA) is 12.0 Å². The van der Waals surface area contributed by atoms with Gasteiger partial charge >= 0.3 is 0 Å². The first kappa shape index (κ1) is 8.54. The minimum atomic E-state index is 0.689. The number of rotatable bonds is 1. The number of hydrogen-bond acceptors (Lipinski definition) is 1. The highest BCUT2D eigenvalue weighted by molar-refractivity contribution is 9.09. The monoisotopic (exact) mass is 205 g/mol. The van der Waals surface area contributed by atoms with Gasteiger partial charge in [0.15, 0.2) is 0 Å². The maximum absolute atomic E-state index is 3.69. The predicted molar refractivity (Wildman–Crippen MR) is 48.6 cm³/mol. The van der Waals surface area contributed by atoms with Crippen LogP contribution in [0, 0.1) is 5.92 Å². The summed E-state index contributed by atoms with van der Waals surface area (Å²) in [5.74, 6) is 0.836. The molecule has 0 saturated heterocycles.